The molecular weight excluding hydrogens is 320 g/mol. The first-order chi connectivity index (χ1) is 12.8. The van der Waals surface area contributed by atoms with Crippen LogP contribution in [0.3, 0.4) is 0 Å². The molecule has 1 aliphatic rings. The fourth-order valence-electron chi connectivity index (χ4n) is 3.78. The van der Waals surface area contributed by atoms with Crippen LogP contribution in [0.15, 0.2) is 79.3 Å². The number of pyridine rings is 1. The molecular formula is C22H19N4+. The minimum atomic E-state index is 0.962. The van der Waals surface area contributed by atoms with E-state index in [0.717, 1.165) is 28.6 Å². The van der Waals surface area contributed by atoms with Gasteiger partial charge in [-0.1, -0.05) is 30.3 Å². The van der Waals surface area contributed by atoms with Crippen LogP contribution in [0.4, 0.5) is 17.2 Å². The van der Waals surface area contributed by atoms with E-state index in [1.54, 1.807) is 0 Å². The second-order valence-corrected chi connectivity index (χ2v) is 6.59. The van der Waals surface area contributed by atoms with Crippen LogP contribution in [0, 0.1) is 6.92 Å². The summed E-state index contributed by atoms with van der Waals surface area (Å²) in [6.45, 7) is 2.16. The van der Waals surface area contributed by atoms with Crippen LogP contribution in [0.25, 0.3) is 17.1 Å². The Morgan fingerprint density at radius 3 is 2.42 bits per heavy atom. The Hall–Kier alpha value is -3.40. The van der Waals surface area contributed by atoms with E-state index in [0.29, 0.717) is 0 Å². The van der Waals surface area contributed by atoms with Gasteiger partial charge in [0.15, 0.2) is 0 Å². The van der Waals surface area contributed by atoms with E-state index >= 15 is 0 Å². The summed E-state index contributed by atoms with van der Waals surface area (Å²) < 4.78 is 4.35. The summed E-state index contributed by atoms with van der Waals surface area (Å²) in [4.78, 5) is 7.01. The van der Waals surface area contributed by atoms with Crippen LogP contribution in [-0.4, -0.2) is 9.55 Å². The second-order valence-electron chi connectivity index (χ2n) is 6.59. The molecule has 126 valence electrons. The number of aryl methyl sites for hydroxylation is 2. The molecule has 5 rings (SSSR count). The van der Waals surface area contributed by atoms with Crippen molar-refractivity contribution in [3.05, 3.63) is 84.8 Å². The number of imidazole rings is 1. The summed E-state index contributed by atoms with van der Waals surface area (Å²) in [6, 6.07) is 21.2. The average Bonchev–Trinajstić information content (AvgIpc) is 3.10. The zero-order valence-corrected chi connectivity index (χ0v) is 14.8. The summed E-state index contributed by atoms with van der Waals surface area (Å²) in [5.41, 5.74) is 5.78. The van der Waals surface area contributed by atoms with Crippen molar-refractivity contribution in [1.29, 1.82) is 0 Å². The van der Waals surface area contributed by atoms with Gasteiger partial charge in [0.1, 0.15) is 22.9 Å². The van der Waals surface area contributed by atoms with Crippen molar-refractivity contribution in [2.24, 2.45) is 7.05 Å². The lowest BCUT2D eigenvalue weighted by Gasteiger charge is -2.21. The Bertz CT molecular complexity index is 1130. The van der Waals surface area contributed by atoms with Crippen molar-refractivity contribution in [3.8, 4) is 17.1 Å². The van der Waals surface area contributed by atoms with Crippen molar-refractivity contribution < 1.29 is 4.57 Å². The molecule has 4 heteroatoms. The summed E-state index contributed by atoms with van der Waals surface area (Å²) in [6.07, 6.45) is 5.99. The molecule has 0 unspecified atom stereocenters. The minimum Gasteiger partial charge on any atom is -0.292 e. The molecule has 0 bridgehead atoms. The van der Waals surface area contributed by atoms with Gasteiger partial charge in [-0.05, 0) is 42.8 Å². The Morgan fingerprint density at radius 2 is 1.58 bits per heavy atom. The van der Waals surface area contributed by atoms with Gasteiger partial charge in [0.25, 0.3) is 0 Å². The van der Waals surface area contributed by atoms with Crippen molar-refractivity contribution in [2.45, 2.75) is 6.92 Å². The van der Waals surface area contributed by atoms with E-state index in [1.165, 1.54) is 11.3 Å². The Kier molecular flexibility index (Phi) is 3.19. The number of anilines is 3. The first-order valence-electron chi connectivity index (χ1n) is 8.73. The number of aromatic nitrogens is 3. The molecule has 0 fully saturated rings. The maximum Gasteiger partial charge on any atom is 0.311 e. The van der Waals surface area contributed by atoms with Crippen LogP contribution in [-0.2, 0) is 7.05 Å². The molecule has 2 aromatic carbocycles. The molecule has 0 spiro atoms. The fourth-order valence-corrected chi connectivity index (χ4v) is 3.78. The quantitative estimate of drug-likeness (QED) is 0.421. The molecule has 26 heavy (non-hydrogen) atoms. The standard InChI is InChI=1S/C22H19N4/c1-16-8-3-5-10-18(16)26-19-11-6-4-9-17(19)21-23-13-15-25(21)20-12-7-14-24(2)22(20)26/h3-15H,1-2H3/q+1. The highest BCUT2D eigenvalue weighted by molar-refractivity contribution is 5.90. The third-order valence-electron chi connectivity index (χ3n) is 4.98. The smallest absolute Gasteiger partial charge is 0.292 e. The van der Waals surface area contributed by atoms with Gasteiger partial charge < -0.3 is 0 Å². The van der Waals surface area contributed by atoms with Crippen LogP contribution in [0.2, 0.25) is 0 Å². The molecule has 4 nitrogen and oxygen atoms in total. The number of hydrogen-bond acceptors (Lipinski definition) is 2. The van der Waals surface area contributed by atoms with Crippen LogP contribution in [0.1, 0.15) is 5.56 Å². The highest BCUT2D eigenvalue weighted by atomic mass is 15.3. The molecule has 3 heterocycles. The van der Waals surface area contributed by atoms with Gasteiger partial charge >= 0.3 is 5.82 Å². The third kappa shape index (κ3) is 2.02. The molecule has 0 aliphatic carbocycles. The van der Waals surface area contributed by atoms with Crippen molar-refractivity contribution in [1.82, 2.24) is 9.55 Å². The van der Waals surface area contributed by atoms with E-state index < -0.39 is 0 Å². The lowest BCUT2D eigenvalue weighted by atomic mass is 10.1. The molecule has 2 aromatic heterocycles. The lowest BCUT2D eigenvalue weighted by molar-refractivity contribution is -0.658. The summed E-state index contributed by atoms with van der Waals surface area (Å²) in [5.74, 6) is 2.08. The third-order valence-corrected chi connectivity index (χ3v) is 4.98. The summed E-state index contributed by atoms with van der Waals surface area (Å²) in [7, 11) is 2.09. The Morgan fingerprint density at radius 1 is 0.846 bits per heavy atom. The molecule has 1 aliphatic heterocycles. The van der Waals surface area contributed by atoms with E-state index in [2.05, 4.69) is 99.9 Å². The molecule has 0 N–H and O–H groups in total. The second kappa shape index (κ2) is 5.56. The van der Waals surface area contributed by atoms with Crippen molar-refractivity contribution >= 4 is 17.2 Å². The number of fused-ring (bicyclic) bond motifs is 5. The first kappa shape index (κ1) is 14.9. The predicted molar refractivity (Wildman–Crippen MR) is 103 cm³/mol. The van der Waals surface area contributed by atoms with Gasteiger partial charge in [0.05, 0.1) is 18.8 Å². The van der Waals surface area contributed by atoms with Gasteiger partial charge in [-0.25, -0.2) is 9.55 Å². The number of para-hydroxylation sites is 2. The SMILES string of the molecule is Cc1ccccc1N1c2ccccc2-c2nccn2-c2ccc[n+](C)c21. The molecule has 0 saturated heterocycles. The maximum absolute atomic E-state index is 4.66. The van der Waals surface area contributed by atoms with Crippen molar-refractivity contribution in [3.63, 3.8) is 0 Å². The topological polar surface area (TPSA) is 24.9 Å². The number of hydrogen-bond donors (Lipinski definition) is 0. The molecule has 0 atom stereocenters. The van der Waals surface area contributed by atoms with E-state index in [4.69, 9.17) is 0 Å². The molecule has 0 amide bonds. The average molecular weight is 339 g/mol. The number of nitrogens with zero attached hydrogens (tertiary/aromatic N) is 4. The molecule has 0 radical (unpaired) electrons. The van der Waals surface area contributed by atoms with Gasteiger partial charge in [-0.15, -0.1) is 0 Å². The lowest BCUT2D eigenvalue weighted by Crippen LogP contribution is -2.36. The van der Waals surface area contributed by atoms with Gasteiger partial charge in [-0.3, -0.25) is 4.57 Å². The number of benzene rings is 2. The summed E-state index contributed by atoms with van der Waals surface area (Å²) >= 11 is 0. The normalized spacial score (nSPS) is 12.2. The van der Waals surface area contributed by atoms with Crippen LogP contribution in [0.5, 0.6) is 0 Å². The van der Waals surface area contributed by atoms with E-state index in [1.807, 2.05) is 12.4 Å². The maximum atomic E-state index is 4.66. The highest BCUT2D eigenvalue weighted by Crippen LogP contribution is 2.45. The zero-order valence-electron chi connectivity index (χ0n) is 14.8. The largest absolute Gasteiger partial charge is 0.311 e. The predicted octanol–water partition coefficient (Wildman–Crippen LogP) is 4.46. The molecule has 0 saturated carbocycles. The van der Waals surface area contributed by atoms with E-state index in [-0.39, 0.29) is 0 Å². The minimum absolute atomic E-state index is 0.962. The van der Waals surface area contributed by atoms with E-state index in [9.17, 15) is 0 Å². The Balaban J connectivity index is 1.95. The van der Waals surface area contributed by atoms with Crippen LogP contribution >= 0.6 is 0 Å². The van der Waals surface area contributed by atoms with Gasteiger partial charge in [0.2, 0.25) is 0 Å². The molecule has 4 aromatic rings. The van der Waals surface area contributed by atoms with Crippen molar-refractivity contribution in [2.75, 3.05) is 4.90 Å². The van der Waals surface area contributed by atoms with Crippen LogP contribution < -0.4 is 9.47 Å². The summed E-state index contributed by atoms with van der Waals surface area (Å²) in [5, 5.41) is 0. The first-order valence-corrected chi connectivity index (χ1v) is 8.73. The van der Waals surface area contributed by atoms with Gasteiger partial charge in [0, 0.05) is 12.4 Å². The monoisotopic (exact) mass is 339 g/mol. The zero-order chi connectivity index (χ0) is 17.7. The van der Waals surface area contributed by atoms with Gasteiger partial charge in [-0.2, -0.15) is 4.90 Å². The number of rotatable bonds is 1. The highest BCUT2D eigenvalue weighted by Gasteiger charge is 2.35. The fraction of sp³-hybridized carbons (Fsp3) is 0.0909. The Labute approximate surface area is 152 Å².